The Bertz CT molecular complexity index is 921. The van der Waals surface area contributed by atoms with Crippen LogP contribution in [0.4, 0.5) is 0 Å². The molecule has 0 aromatic heterocycles. The maximum absolute atomic E-state index is 13.3. The summed E-state index contributed by atoms with van der Waals surface area (Å²) >= 11 is 0. The highest BCUT2D eigenvalue weighted by Crippen LogP contribution is 2.23. The molecule has 2 aromatic rings. The summed E-state index contributed by atoms with van der Waals surface area (Å²) in [7, 11) is 0. The molecule has 0 spiro atoms. The van der Waals surface area contributed by atoms with Crippen LogP contribution in [0.3, 0.4) is 0 Å². The van der Waals surface area contributed by atoms with Crippen molar-refractivity contribution < 1.29 is 14.3 Å². The monoisotopic (exact) mass is 424 g/mol. The van der Waals surface area contributed by atoms with Gasteiger partial charge in [0.1, 0.15) is 11.8 Å². The molecule has 0 radical (unpaired) electrons. The molecule has 2 aromatic carbocycles. The Morgan fingerprint density at radius 1 is 1.03 bits per heavy atom. The van der Waals surface area contributed by atoms with Gasteiger partial charge in [-0.05, 0) is 76.3 Å². The van der Waals surface area contributed by atoms with E-state index in [4.69, 9.17) is 4.74 Å². The number of ether oxygens (including phenoxy) is 1. The summed E-state index contributed by atoms with van der Waals surface area (Å²) in [5.74, 6) is 0.368. The van der Waals surface area contributed by atoms with Gasteiger partial charge in [0, 0.05) is 12.6 Å². The number of benzene rings is 2. The van der Waals surface area contributed by atoms with Crippen LogP contribution in [0, 0.1) is 27.7 Å². The lowest BCUT2D eigenvalue weighted by Crippen LogP contribution is -2.51. The second-order valence-corrected chi connectivity index (χ2v) is 8.59. The van der Waals surface area contributed by atoms with E-state index in [2.05, 4.69) is 11.4 Å². The highest BCUT2D eigenvalue weighted by molar-refractivity contribution is 5.88. The van der Waals surface area contributed by atoms with E-state index in [1.807, 2.05) is 78.8 Å². The van der Waals surface area contributed by atoms with Crippen molar-refractivity contribution in [3.8, 4) is 5.75 Å². The molecule has 5 nitrogen and oxygen atoms in total. The van der Waals surface area contributed by atoms with Crippen molar-refractivity contribution in [3.63, 3.8) is 0 Å². The molecule has 0 aliphatic heterocycles. The summed E-state index contributed by atoms with van der Waals surface area (Å²) in [6.07, 6.45) is 0.526. The second-order valence-electron chi connectivity index (χ2n) is 8.59. The van der Waals surface area contributed by atoms with Crippen LogP contribution in [-0.2, 0) is 16.1 Å². The Morgan fingerprint density at radius 3 is 2.35 bits per heavy atom. The lowest BCUT2D eigenvalue weighted by Gasteiger charge is -2.31. The van der Waals surface area contributed by atoms with Gasteiger partial charge in [-0.2, -0.15) is 0 Å². The minimum atomic E-state index is -0.556. The van der Waals surface area contributed by atoms with Crippen molar-refractivity contribution in [1.29, 1.82) is 0 Å². The molecule has 0 bridgehead atoms. The third kappa shape index (κ3) is 6.84. The van der Waals surface area contributed by atoms with Crippen molar-refractivity contribution in [1.82, 2.24) is 10.2 Å². The van der Waals surface area contributed by atoms with Crippen LogP contribution in [0.1, 0.15) is 55.0 Å². The fraction of sp³-hybridized carbons (Fsp3) is 0.462. The van der Waals surface area contributed by atoms with Crippen LogP contribution in [0.5, 0.6) is 5.75 Å². The lowest BCUT2D eigenvalue weighted by molar-refractivity contribution is -0.143. The first-order valence-electron chi connectivity index (χ1n) is 11.0. The summed E-state index contributed by atoms with van der Waals surface area (Å²) in [5, 5.41) is 2.95. The van der Waals surface area contributed by atoms with E-state index in [0.717, 1.165) is 27.8 Å². The molecule has 0 saturated carbocycles. The Hall–Kier alpha value is -2.82. The van der Waals surface area contributed by atoms with Gasteiger partial charge in [0.2, 0.25) is 5.91 Å². The Kier molecular flexibility index (Phi) is 8.66. The first kappa shape index (κ1) is 24.4. The van der Waals surface area contributed by atoms with Gasteiger partial charge >= 0.3 is 0 Å². The van der Waals surface area contributed by atoms with Crippen LogP contribution in [0.15, 0.2) is 36.4 Å². The van der Waals surface area contributed by atoms with Crippen molar-refractivity contribution >= 4 is 11.8 Å². The van der Waals surface area contributed by atoms with Gasteiger partial charge in [-0.25, -0.2) is 0 Å². The minimum Gasteiger partial charge on any atom is -0.483 e. The zero-order valence-corrected chi connectivity index (χ0v) is 19.9. The first-order chi connectivity index (χ1) is 14.6. The predicted octanol–water partition coefficient (Wildman–Crippen LogP) is 4.63. The molecule has 2 amide bonds. The third-order valence-corrected chi connectivity index (χ3v) is 5.37. The van der Waals surface area contributed by atoms with Gasteiger partial charge in [0.25, 0.3) is 5.91 Å². The van der Waals surface area contributed by atoms with Crippen LogP contribution >= 0.6 is 0 Å². The molecule has 2 rings (SSSR count). The van der Waals surface area contributed by atoms with E-state index >= 15 is 0 Å². The number of nitrogens with zero attached hydrogens (tertiary/aromatic N) is 1. The van der Waals surface area contributed by atoms with Crippen molar-refractivity contribution in [2.24, 2.45) is 0 Å². The van der Waals surface area contributed by atoms with Gasteiger partial charge in [0.05, 0.1) is 0 Å². The molecule has 0 saturated heterocycles. The lowest BCUT2D eigenvalue weighted by atomic mass is 10.1. The van der Waals surface area contributed by atoms with Crippen molar-refractivity contribution in [2.45, 2.75) is 73.5 Å². The quantitative estimate of drug-likeness (QED) is 0.638. The van der Waals surface area contributed by atoms with Gasteiger partial charge < -0.3 is 15.0 Å². The first-order valence-corrected chi connectivity index (χ1v) is 11.0. The molecule has 0 fully saturated rings. The number of carbonyl (C=O) groups excluding carboxylic acids is 2. The highest BCUT2D eigenvalue weighted by atomic mass is 16.5. The average Bonchev–Trinajstić information content (AvgIpc) is 2.68. The number of rotatable bonds is 9. The molecule has 0 aliphatic carbocycles. The predicted molar refractivity (Wildman–Crippen MR) is 125 cm³/mol. The molecule has 168 valence electrons. The van der Waals surface area contributed by atoms with Crippen LogP contribution in [0.25, 0.3) is 0 Å². The number of nitrogens with one attached hydrogen (secondary N) is 1. The van der Waals surface area contributed by atoms with E-state index in [0.29, 0.717) is 18.7 Å². The van der Waals surface area contributed by atoms with Crippen LogP contribution < -0.4 is 10.1 Å². The van der Waals surface area contributed by atoms with E-state index in [-0.39, 0.29) is 24.5 Å². The molecule has 5 heteroatoms. The zero-order chi connectivity index (χ0) is 23.1. The average molecular weight is 425 g/mol. The molecule has 0 aliphatic rings. The summed E-state index contributed by atoms with van der Waals surface area (Å²) in [5.41, 5.74) is 5.35. The highest BCUT2D eigenvalue weighted by Gasteiger charge is 2.29. The maximum atomic E-state index is 13.3. The fourth-order valence-electron chi connectivity index (χ4n) is 3.68. The van der Waals surface area contributed by atoms with E-state index < -0.39 is 6.04 Å². The largest absolute Gasteiger partial charge is 0.483 e. The normalized spacial score (nSPS) is 11.9. The Morgan fingerprint density at radius 2 is 1.74 bits per heavy atom. The molecular weight excluding hydrogens is 388 g/mol. The SMILES string of the molecule is CCC(C(=O)NC(C)C)N(Cc1cccc(C)c1)C(=O)COc1cc(C)cc(C)c1C. The summed E-state index contributed by atoms with van der Waals surface area (Å²) < 4.78 is 5.94. The van der Waals surface area contributed by atoms with Gasteiger partial charge in [0.15, 0.2) is 6.61 Å². The van der Waals surface area contributed by atoms with Crippen molar-refractivity contribution in [3.05, 3.63) is 64.2 Å². The van der Waals surface area contributed by atoms with Crippen LogP contribution in [0.2, 0.25) is 0 Å². The van der Waals surface area contributed by atoms with E-state index in [9.17, 15) is 9.59 Å². The van der Waals surface area contributed by atoms with Crippen LogP contribution in [-0.4, -0.2) is 35.4 Å². The Labute approximate surface area is 186 Å². The van der Waals surface area contributed by atoms with E-state index in [1.165, 1.54) is 0 Å². The molecule has 1 atom stereocenters. The molecule has 31 heavy (non-hydrogen) atoms. The number of carbonyl (C=O) groups is 2. The van der Waals surface area contributed by atoms with Gasteiger partial charge in [-0.15, -0.1) is 0 Å². The molecule has 1 N–H and O–H groups in total. The molecular formula is C26H36N2O3. The number of aryl methyl sites for hydroxylation is 3. The van der Waals surface area contributed by atoms with Crippen molar-refractivity contribution in [2.75, 3.05) is 6.61 Å². The molecule has 0 heterocycles. The van der Waals surface area contributed by atoms with E-state index in [1.54, 1.807) is 4.90 Å². The second kappa shape index (κ2) is 11.0. The maximum Gasteiger partial charge on any atom is 0.261 e. The fourth-order valence-corrected chi connectivity index (χ4v) is 3.68. The Balaban J connectivity index is 2.27. The zero-order valence-electron chi connectivity index (χ0n) is 19.9. The number of hydrogen-bond acceptors (Lipinski definition) is 3. The summed E-state index contributed by atoms with van der Waals surface area (Å²) in [4.78, 5) is 27.8. The smallest absolute Gasteiger partial charge is 0.261 e. The standard InChI is InChI=1S/C26H36N2O3/c1-8-23(26(30)27-17(2)3)28(15-22-11-9-10-18(4)13-22)25(29)16-31-24-14-19(5)12-20(6)21(24)7/h9-14,17,23H,8,15-16H2,1-7H3,(H,27,30). The number of hydrogen-bond donors (Lipinski definition) is 1. The van der Waals surface area contributed by atoms with Gasteiger partial charge in [-0.1, -0.05) is 42.8 Å². The third-order valence-electron chi connectivity index (χ3n) is 5.37. The number of amides is 2. The summed E-state index contributed by atoms with van der Waals surface area (Å²) in [6, 6.07) is 11.5. The van der Waals surface area contributed by atoms with Gasteiger partial charge in [-0.3, -0.25) is 9.59 Å². The molecule has 1 unspecified atom stereocenters. The minimum absolute atomic E-state index is 0.00615. The topological polar surface area (TPSA) is 58.6 Å². The summed E-state index contributed by atoms with van der Waals surface area (Å²) in [6.45, 7) is 14.1.